The van der Waals surface area contributed by atoms with Crippen LogP contribution in [0, 0.1) is 5.82 Å². The lowest BCUT2D eigenvalue weighted by Crippen LogP contribution is -2.56. The lowest BCUT2D eigenvalue weighted by Gasteiger charge is -2.27. The van der Waals surface area contributed by atoms with Crippen molar-refractivity contribution in [3.05, 3.63) is 110 Å². The number of nitrogens with zero attached hydrogens (tertiary/aromatic N) is 3. The first-order chi connectivity index (χ1) is 19.9. The first-order valence-electron chi connectivity index (χ1n) is 12.7. The van der Waals surface area contributed by atoms with E-state index in [0.717, 1.165) is 4.68 Å². The van der Waals surface area contributed by atoms with Crippen LogP contribution in [0.4, 0.5) is 4.39 Å². The molecule has 4 aromatic rings. The van der Waals surface area contributed by atoms with E-state index in [0.29, 0.717) is 10.6 Å². The molecule has 3 aromatic carbocycles. The Kier molecular flexibility index (Phi) is 9.13. The van der Waals surface area contributed by atoms with E-state index >= 15 is 0 Å². The van der Waals surface area contributed by atoms with E-state index in [1.165, 1.54) is 48.7 Å². The minimum absolute atomic E-state index is 0.155. The molecule has 0 radical (unpaired) electrons. The van der Waals surface area contributed by atoms with Gasteiger partial charge < -0.3 is 16.4 Å². The Morgan fingerprint density at radius 3 is 2.29 bits per heavy atom. The van der Waals surface area contributed by atoms with Gasteiger partial charge in [-0.1, -0.05) is 59.6 Å². The molecular formula is C29H27Cl2FN6O4. The summed E-state index contributed by atoms with van der Waals surface area (Å²) in [4.78, 5) is 51.8. The zero-order valence-corrected chi connectivity index (χ0v) is 24.1. The summed E-state index contributed by atoms with van der Waals surface area (Å²) >= 11 is 12.3. The lowest BCUT2D eigenvalue weighted by molar-refractivity contribution is -0.133. The number of nitrogens with one attached hydrogen (secondary N) is 2. The molecule has 0 aliphatic rings. The van der Waals surface area contributed by atoms with Crippen molar-refractivity contribution in [3.8, 4) is 11.4 Å². The molecule has 0 aliphatic heterocycles. The maximum Gasteiger partial charge on any atom is 0.347 e. The highest BCUT2D eigenvalue weighted by atomic mass is 35.5. The molecule has 0 saturated heterocycles. The molecule has 1 unspecified atom stereocenters. The number of benzene rings is 3. The summed E-state index contributed by atoms with van der Waals surface area (Å²) in [7, 11) is 0. The Morgan fingerprint density at radius 1 is 1.00 bits per heavy atom. The van der Waals surface area contributed by atoms with Crippen LogP contribution in [0.5, 0.6) is 0 Å². The first kappa shape index (κ1) is 30.5. The van der Waals surface area contributed by atoms with Gasteiger partial charge in [0.1, 0.15) is 23.9 Å². The van der Waals surface area contributed by atoms with Crippen molar-refractivity contribution in [3.63, 3.8) is 0 Å². The van der Waals surface area contributed by atoms with Crippen LogP contribution in [-0.4, -0.2) is 37.6 Å². The summed E-state index contributed by atoms with van der Waals surface area (Å²) in [6, 6.07) is 17.5. The Hall–Kier alpha value is -4.48. The third kappa shape index (κ3) is 6.87. The van der Waals surface area contributed by atoms with Crippen molar-refractivity contribution < 1.29 is 18.8 Å². The van der Waals surface area contributed by atoms with Gasteiger partial charge in [-0.2, -0.15) is 0 Å². The molecule has 0 saturated carbocycles. The van der Waals surface area contributed by atoms with Gasteiger partial charge >= 0.3 is 5.69 Å². The van der Waals surface area contributed by atoms with Gasteiger partial charge in [-0.3, -0.25) is 19.0 Å². The fourth-order valence-electron chi connectivity index (χ4n) is 4.07. The van der Waals surface area contributed by atoms with Crippen LogP contribution >= 0.6 is 23.2 Å². The number of nitrogens with two attached hydrogens (primary N) is 1. The van der Waals surface area contributed by atoms with E-state index in [1.54, 1.807) is 42.5 Å². The Morgan fingerprint density at radius 2 is 1.64 bits per heavy atom. The van der Waals surface area contributed by atoms with Crippen molar-refractivity contribution in [2.24, 2.45) is 5.73 Å². The van der Waals surface area contributed by atoms with Crippen LogP contribution in [0.1, 0.15) is 31.0 Å². The molecule has 1 aromatic heterocycles. The molecule has 10 nitrogen and oxygen atoms in total. The van der Waals surface area contributed by atoms with Crippen molar-refractivity contribution in [2.75, 3.05) is 0 Å². The molecule has 0 bridgehead atoms. The average Bonchev–Trinajstić information content (AvgIpc) is 3.23. The third-order valence-electron chi connectivity index (χ3n) is 6.44. The van der Waals surface area contributed by atoms with Gasteiger partial charge in [0, 0.05) is 26.7 Å². The van der Waals surface area contributed by atoms with Crippen LogP contribution in [0.3, 0.4) is 0 Å². The largest absolute Gasteiger partial charge is 0.368 e. The molecule has 4 rings (SSSR count). The van der Waals surface area contributed by atoms with Gasteiger partial charge in [-0.05, 0) is 50.2 Å². The standard InChI is InChI=1S/C29H27Cl2FN6O4/c1-29(2,27(33)41)35-26(40)24(20-8-4-5-9-21(20)31)34-23(39)16-38-28(42)37(15-18-7-3-6-10-22(18)32)25(36-38)17-11-13-19(30)14-12-17/h3-14,24H,15-16H2,1-2H3,(H2,33,41)(H,34,39)(H,35,40). The molecule has 42 heavy (non-hydrogen) atoms. The van der Waals surface area contributed by atoms with Gasteiger partial charge in [0.25, 0.3) is 0 Å². The molecular weight excluding hydrogens is 586 g/mol. The van der Waals surface area contributed by atoms with E-state index in [4.69, 9.17) is 28.9 Å². The third-order valence-corrected chi connectivity index (χ3v) is 7.04. The molecule has 13 heteroatoms. The van der Waals surface area contributed by atoms with E-state index in [1.807, 2.05) is 0 Å². The summed E-state index contributed by atoms with van der Waals surface area (Å²) < 4.78 is 16.6. The van der Waals surface area contributed by atoms with E-state index in [2.05, 4.69) is 15.7 Å². The summed E-state index contributed by atoms with van der Waals surface area (Å²) in [6.45, 7) is 2.09. The maximum absolute atomic E-state index is 14.5. The lowest BCUT2D eigenvalue weighted by atomic mass is 10.0. The fraction of sp³-hybridized carbons (Fsp3) is 0.207. The van der Waals surface area contributed by atoms with Crippen molar-refractivity contribution >= 4 is 40.9 Å². The Bertz CT molecular complexity index is 1700. The predicted octanol–water partition coefficient (Wildman–Crippen LogP) is 3.44. The van der Waals surface area contributed by atoms with Gasteiger partial charge in [-0.25, -0.2) is 13.9 Å². The van der Waals surface area contributed by atoms with Crippen molar-refractivity contribution in [2.45, 2.75) is 38.5 Å². The minimum Gasteiger partial charge on any atom is -0.368 e. The van der Waals surface area contributed by atoms with Gasteiger partial charge in [0.2, 0.25) is 17.7 Å². The number of amides is 3. The van der Waals surface area contributed by atoms with Crippen molar-refractivity contribution in [1.29, 1.82) is 0 Å². The molecule has 1 atom stereocenters. The van der Waals surface area contributed by atoms with Crippen LogP contribution in [0.25, 0.3) is 11.4 Å². The molecule has 1 heterocycles. The predicted molar refractivity (Wildman–Crippen MR) is 156 cm³/mol. The number of carbonyl (C=O) groups excluding carboxylic acids is 3. The topological polar surface area (TPSA) is 141 Å². The molecule has 4 N–H and O–H groups in total. The summed E-state index contributed by atoms with van der Waals surface area (Å²) in [5, 5.41) is 10.1. The highest BCUT2D eigenvalue weighted by Gasteiger charge is 2.33. The fourth-order valence-corrected chi connectivity index (χ4v) is 4.45. The molecule has 3 amide bonds. The summed E-state index contributed by atoms with van der Waals surface area (Å²) in [6.07, 6.45) is 0. The SMILES string of the molecule is CC(C)(NC(=O)C(NC(=O)Cn1nc(-c2ccc(Cl)cc2)n(Cc2ccccc2F)c1=O)c1ccccc1Cl)C(N)=O. The number of primary amides is 1. The van der Waals surface area contributed by atoms with Gasteiger partial charge in [-0.15, -0.1) is 5.10 Å². The van der Waals surface area contributed by atoms with Crippen LogP contribution in [0.15, 0.2) is 77.6 Å². The van der Waals surface area contributed by atoms with Crippen LogP contribution in [0.2, 0.25) is 10.0 Å². The monoisotopic (exact) mass is 612 g/mol. The molecule has 0 spiro atoms. The minimum atomic E-state index is -1.43. The zero-order valence-electron chi connectivity index (χ0n) is 22.6. The zero-order chi connectivity index (χ0) is 30.6. The summed E-state index contributed by atoms with van der Waals surface area (Å²) in [5.74, 6) is -2.63. The Balaban J connectivity index is 1.68. The second-order valence-corrected chi connectivity index (χ2v) is 10.8. The molecule has 218 valence electrons. The van der Waals surface area contributed by atoms with Crippen molar-refractivity contribution in [1.82, 2.24) is 25.0 Å². The van der Waals surface area contributed by atoms with E-state index in [9.17, 15) is 23.6 Å². The van der Waals surface area contributed by atoms with Gasteiger partial charge in [0.15, 0.2) is 5.82 Å². The van der Waals surface area contributed by atoms with Crippen LogP contribution in [-0.2, 0) is 27.5 Å². The van der Waals surface area contributed by atoms with Crippen LogP contribution < -0.4 is 22.1 Å². The molecule has 0 fully saturated rings. The normalized spacial score (nSPS) is 12.0. The summed E-state index contributed by atoms with van der Waals surface area (Å²) in [5.41, 5.74) is 4.28. The quantitative estimate of drug-likeness (QED) is 0.251. The Labute approximate surface area is 250 Å². The average molecular weight is 613 g/mol. The number of carbonyl (C=O) groups is 3. The second-order valence-electron chi connectivity index (χ2n) is 9.95. The number of rotatable bonds is 10. The highest BCUT2D eigenvalue weighted by molar-refractivity contribution is 6.31. The number of aromatic nitrogens is 3. The first-order valence-corrected chi connectivity index (χ1v) is 13.5. The molecule has 0 aliphatic carbocycles. The highest BCUT2D eigenvalue weighted by Crippen LogP contribution is 2.24. The number of hydrogen-bond acceptors (Lipinski definition) is 5. The number of halogens is 3. The van der Waals surface area contributed by atoms with E-state index in [-0.39, 0.29) is 28.5 Å². The smallest absolute Gasteiger partial charge is 0.347 e. The van der Waals surface area contributed by atoms with E-state index < -0.39 is 47.4 Å². The number of hydrogen-bond donors (Lipinski definition) is 3. The second kappa shape index (κ2) is 12.6. The maximum atomic E-state index is 14.5. The van der Waals surface area contributed by atoms with Gasteiger partial charge in [0.05, 0.1) is 6.54 Å².